The maximum Gasteiger partial charge on any atom is 0.369 e. The van der Waals surface area contributed by atoms with Crippen LogP contribution in [0.2, 0.25) is 0 Å². The number of carbonyl (C=O) groups excluding carboxylic acids is 2. The van der Waals surface area contributed by atoms with Gasteiger partial charge in [0.1, 0.15) is 17.6 Å². The predicted molar refractivity (Wildman–Crippen MR) is 82.3 cm³/mol. The Kier molecular flexibility index (Phi) is 4.51. The Morgan fingerprint density at radius 1 is 1.39 bits per heavy atom. The molecule has 0 spiro atoms. The van der Waals surface area contributed by atoms with E-state index in [2.05, 4.69) is 21.1 Å². The number of hydrogen-bond donors (Lipinski definition) is 2. The fourth-order valence-electron chi connectivity index (χ4n) is 2.36. The van der Waals surface area contributed by atoms with Gasteiger partial charge in [-0.15, -0.1) is 11.3 Å². The quantitative estimate of drug-likeness (QED) is 0.765. The molecule has 2 aromatic heterocycles. The van der Waals surface area contributed by atoms with Crippen LogP contribution in [0.1, 0.15) is 19.3 Å². The van der Waals surface area contributed by atoms with Crippen LogP contribution in [-0.4, -0.2) is 44.2 Å². The summed E-state index contributed by atoms with van der Waals surface area (Å²) in [6.07, 6.45) is 2.35. The third-order valence-corrected chi connectivity index (χ3v) is 4.36. The molecule has 0 bridgehead atoms. The van der Waals surface area contributed by atoms with Crippen LogP contribution in [0, 0.1) is 0 Å². The molecule has 2 aromatic rings. The molecule has 122 valence electrons. The Balaban J connectivity index is 1.66. The summed E-state index contributed by atoms with van der Waals surface area (Å²) >= 11 is 1.35. The van der Waals surface area contributed by atoms with Crippen molar-refractivity contribution < 1.29 is 9.59 Å². The van der Waals surface area contributed by atoms with E-state index in [0.29, 0.717) is 18.0 Å². The van der Waals surface area contributed by atoms with Gasteiger partial charge in [-0.3, -0.25) is 9.59 Å². The van der Waals surface area contributed by atoms with Gasteiger partial charge in [0.05, 0.1) is 0 Å². The minimum absolute atomic E-state index is 0.189. The van der Waals surface area contributed by atoms with E-state index < -0.39 is 17.6 Å². The van der Waals surface area contributed by atoms with Crippen molar-refractivity contribution in [3.63, 3.8) is 0 Å². The van der Waals surface area contributed by atoms with Gasteiger partial charge in [0.2, 0.25) is 11.8 Å². The number of thiophene rings is 1. The summed E-state index contributed by atoms with van der Waals surface area (Å²) in [5.74, 6) is -0.627. The largest absolute Gasteiger partial charge is 0.369 e. The van der Waals surface area contributed by atoms with E-state index in [4.69, 9.17) is 0 Å². The first kappa shape index (κ1) is 15.4. The van der Waals surface area contributed by atoms with E-state index in [-0.39, 0.29) is 12.5 Å². The van der Waals surface area contributed by atoms with Gasteiger partial charge in [0, 0.05) is 6.54 Å². The van der Waals surface area contributed by atoms with Gasteiger partial charge in [0.15, 0.2) is 0 Å². The highest BCUT2D eigenvalue weighted by Gasteiger charge is 2.23. The number of tetrazole rings is 1. The Bertz CT molecular complexity index is 750. The molecule has 1 atom stereocenters. The summed E-state index contributed by atoms with van der Waals surface area (Å²) in [6, 6.07) is 2.97. The minimum atomic E-state index is -0.562. The molecule has 2 N–H and O–H groups in total. The molecular weight excluding hydrogens is 320 g/mol. The topological polar surface area (TPSA) is 111 Å². The molecule has 0 aliphatic carbocycles. The lowest BCUT2D eigenvalue weighted by Gasteiger charge is -2.14. The number of rotatable bonds is 4. The molecule has 1 fully saturated rings. The number of nitrogens with zero attached hydrogens (tertiary/aromatic N) is 4. The van der Waals surface area contributed by atoms with Gasteiger partial charge in [-0.05, 0) is 47.2 Å². The fourth-order valence-corrected chi connectivity index (χ4v) is 3.02. The smallest absolute Gasteiger partial charge is 0.354 e. The van der Waals surface area contributed by atoms with Crippen LogP contribution in [-0.2, 0) is 16.1 Å². The summed E-state index contributed by atoms with van der Waals surface area (Å²) in [5.41, 5.74) is -0.493. The second-order valence-corrected chi connectivity index (χ2v) is 6.12. The van der Waals surface area contributed by atoms with Gasteiger partial charge >= 0.3 is 5.69 Å². The van der Waals surface area contributed by atoms with E-state index in [0.717, 1.165) is 22.2 Å². The molecule has 2 amide bonds. The third kappa shape index (κ3) is 3.47. The lowest BCUT2D eigenvalue weighted by atomic mass is 10.1. The molecule has 10 heteroatoms. The summed E-state index contributed by atoms with van der Waals surface area (Å²) in [7, 11) is 0. The number of aromatic nitrogens is 4. The molecule has 1 unspecified atom stereocenters. The molecular formula is C13H16N6O3S. The molecule has 0 aromatic carbocycles. The molecule has 3 heterocycles. The van der Waals surface area contributed by atoms with Crippen LogP contribution in [0.4, 0.5) is 0 Å². The van der Waals surface area contributed by atoms with Crippen molar-refractivity contribution in [2.75, 3.05) is 6.54 Å². The SMILES string of the molecule is O=C(Cn1nnn(-c2cccs2)c1=O)NC1CCCCNC1=O. The maximum absolute atomic E-state index is 12.2. The average Bonchev–Trinajstić information content (AvgIpc) is 3.11. The Morgan fingerprint density at radius 2 is 2.26 bits per heavy atom. The van der Waals surface area contributed by atoms with Crippen LogP contribution >= 0.6 is 11.3 Å². The predicted octanol–water partition coefficient (Wildman–Crippen LogP) is -0.725. The number of hydrogen-bond acceptors (Lipinski definition) is 6. The molecule has 0 radical (unpaired) electrons. The van der Waals surface area contributed by atoms with E-state index in [9.17, 15) is 14.4 Å². The van der Waals surface area contributed by atoms with Crippen molar-refractivity contribution in [1.29, 1.82) is 0 Å². The van der Waals surface area contributed by atoms with Gasteiger partial charge < -0.3 is 10.6 Å². The minimum Gasteiger partial charge on any atom is -0.354 e. The van der Waals surface area contributed by atoms with E-state index in [1.54, 1.807) is 12.1 Å². The Labute approximate surface area is 135 Å². The molecule has 1 saturated heterocycles. The Morgan fingerprint density at radius 3 is 3.04 bits per heavy atom. The molecule has 0 saturated carbocycles. The van der Waals surface area contributed by atoms with Crippen molar-refractivity contribution in [3.05, 3.63) is 28.0 Å². The highest BCUT2D eigenvalue weighted by Crippen LogP contribution is 2.10. The fraction of sp³-hybridized carbons (Fsp3) is 0.462. The van der Waals surface area contributed by atoms with Crippen molar-refractivity contribution in [1.82, 2.24) is 30.4 Å². The van der Waals surface area contributed by atoms with Crippen LogP contribution in [0.25, 0.3) is 5.00 Å². The maximum atomic E-state index is 12.2. The van der Waals surface area contributed by atoms with E-state index >= 15 is 0 Å². The first-order chi connectivity index (χ1) is 11.1. The zero-order valence-electron chi connectivity index (χ0n) is 12.3. The lowest BCUT2D eigenvalue weighted by molar-refractivity contribution is -0.129. The first-order valence-electron chi connectivity index (χ1n) is 7.29. The van der Waals surface area contributed by atoms with Crippen molar-refractivity contribution >= 4 is 23.2 Å². The van der Waals surface area contributed by atoms with Crippen molar-refractivity contribution in [2.45, 2.75) is 31.8 Å². The summed E-state index contributed by atoms with van der Waals surface area (Å²) in [6.45, 7) is 0.355. The van der Waals surface area contributed by atoms with E-state index in [1.165, 1.54) is 11.3 Å². The molecule has 3 rings (SSSR count). The first-order valence-corrected chi connectivity index (χ1v) is 8.17. The van der Waals surface area contributed by atoms with Crippen LogP contribution in [0.15, 0.2) is 22.3 Å². The highest BCUT2D eigenvalue weighted by atomic mass is 32.1. The monoisotopic (exact) mass is 336 g/mol. The number of nitrogens with one attached hydrogen (secondary N) is 2. The van der Waals surface area contributed by atoms with Crippen LogP contribution < -0.4 is 16.3 Å². The van der Waals surface area contributed by atoms with Crippen molar-refractivity contribution in [3.8, 4) is 5.00 Å². The number of amides is 2. The molecule has 23 heavy (non-hydrogen) atoms. The standard InChI is InChI=1S/C13H16N6O3S/c20-10(15-9-4-1-2-6-14-12(9)21)8-18-13(22)19(17-16-18)11-5-3-7-23-11/h3,5,7,9H,1-2,4,6,8H2,(H,14,21)(H,15,20). The summed E-state index contributed by atoms with van der Waals surface area (Å²) < 4.78 is 2.11. The van der Waals surface area contributed by atoms with Crippen LogP contribution in [0.3, 0.4) is 0 Å². The zero-order chi connectivity index (χ0) is 16.2. The molecule has 1 aliphatic heterocycles. The third-order valence-electron chi connectivity index (χ3n) is 3.52. The van der Waals surface area contributed by atoms with Gasteiger partial charge in [0.25, 0.3) is 0 Å². The average molecular weight is 336 g/mol. The zero-order valence-corrected chi connectivity index (χ0v) is 13.1. The second kappa shape index (κ2) is 6.73. The van der Waals surface area contributed by atoms with Gasteiger partial charge in [-0.25, -0.2) is 4.79 Å². The summed E-state index contributed by atoms with van der Waals surface area (Å²) in [4.78, 5) is 36.0. The molecule has 9 nitrogen and oxygen atoms in total. The normalized spacial score (nSPS) is 18.3. The van der Waals surface area contributed by atoms with Gasteiger partial charge in [-0.1, -0.05) is 0 Å². The van der Waals surface area contributed by atoms with E-state index in [1.807, 2.05) is 5.38 Å². The Hall–Kier alpha value is -2.49. The summed E-state index contributed by atoms with van der Waals surface area (Å²) in [5, 5.41) is 15.3. The highest BCUT2D eigenvalue weighted by molar-refractivity contribution is 7.12. The van der Waals surface area contributed by atoms with Gasteiger partial charge in [-0.2, -0.15) is 9.36 Å². The lowest BCUT2D eigenvalue weighted by Crippen LogP contribution is -2.47. The number of carbonyl (C=O) groups is 2. The van der Waals surface area contributed by atoms with Crippen molar-refractivity contribution in [2.24, 2.45) is 0 Å². The molecule has 1 aliphatic rings. The second-order valence-electron chi connectivity index (χ2n) is 5.19. The van der Waals surface area contributed by atoms with Crippen LogP contribution in [0.5, 0.6) is 0 Å².